The number of methoxy groups -OCH3 is 1. The molecule has 4 nitrogen and oxygen atoms in total. The highest BCUT2D eigenvalue weighted by Crippen LogP contribution is 2.42. The fourth-order valence-corrected chi connectivity index (χ4v) is 2.75. The number of benzene rings is 1. The number of ether oxygens (including phenoxy) is 1. The van der Waals surface area contributed by atoms with E-state index in [0.29, 0.717) is 19.4 Å². The molecular formula is C13H13BrN2O2. The van der Waals surface area contributed by atoms with Gasteiger partial charge in [0.05, 0.1) is 13.2 Å². The van der Waals surface area contributed by atoms with E-state index in [0.717, 1.165) is 15.7 Å². The topological polar surface area (TPSA) is 62.1 Å². The maximum Gasteiger partial charge on any atom is 0.318 e. The highest BCUT2D eigenvalue weighted by Gasteiger charge is 2.46. The van der Waals surface area contributed by atoms with Crippen LogP contribution in [0.4, 0.5) is 5.69 Å². The van der Waals surface area contributed by atoms with E-state index in [1.165, 1.54) is 7.11 Å². The molecule has 1 N–H and O–H groups in total. The smallest absolute Gasteiger partial charge is 0.318 e. The van der Waals surface area contributed by atoms with Crippen molar-refractivity contribution in [2.24, 2.45) is 0 Å². The number of anilines is 1. The first-order valence-corrected chi connectivity index (χ1v) is 6.42. The molecule has 5 heteroatoms. The van der Waals surface area contributed by atoms with Crippen LogP contribution in [-0.4, -0.2) is 19.6 Å². The highest BCUT2D eigenvalue weighted by molar-refractivity contribution is 9.10. The van der Waals surface area contributed by atoms with Crippen molar-refractivity contribution in [2.75, 3.05) is 19.0 Å². The summed E-state index contributed by atoms with van der Waals surface area (Å²) >= 11 is 3.40. The molecule has 0 aromatic heterocycles. The van der Waals surface area contributed by atoms with Gasteiger partial charge in [0.15, 0.2) is 0 Å². The van der Waals surface area contributed by atoms with Crippen molar-refractivity contribution in [1.29, 1.82) is 5.26 Å². The van der Waals surface area contributed by atoms with Gasteiger partial charge in [-0.05, 0) is 24.1 Å². The Morgan fingerprint density at radius 2 is 2.44 bits per heavy atom. The number of fused-ring (bicyclic) bond motifs is 1. The number of halogens is 1. The number of esters is 1. The standard InChI is InChI=1S/C13H13BrN2O2/c1-18-12(17)13(5-2-6-15)8-16-11-7-9(14)3-4-10(11)13/h3-4,7,16H,2,5,8H2,1H3. The Morgan fingerprint density at radius 3 is 3.11 bits per heavy atom. The molecule has 94 valence electrons. The third-order valence-electron chi connectivity index (χ3n) is 3.32. The van der Waals surface area contributed by atoms with Crippen molar-refractivity contribution in [3.05, 3.63) is 28.2 Å². The minimum Gasteiger partial charge on any atom is -0.468 e. The summed E-state index contributed by atoms with van der Waals surface area (Å²) in [6, 6.07) is 7.84. The first-order chi connectivity index (χ1) is 8.64. The first kappa shape index (κ1) is 12.9. The van der Waals surface area contributed by atoms with Gasteiger partial charge in [-0.25, -0.2) is 0 Å². The van der Waals surface area contributed by atoms with Crippen molar-refractivity contribution >= 4 is 27.6 Å². The average Bonchev–Trinajstić information content (AvgIpc) is 2.74. The van der Waals surface area contributed by atoms with Gasteiger partial charge in [0, 0.05) is 23.1 Å². The van der Waals surface area contributed by atoms with Crippen molar-refractivity contribution < 1.29 is 9.53 Å². The molecular weight excluding hydrogens is 296 g/mol. The lowest BCUT2D eigenvalue weighted by atomic mass is 9.78. The molecule has 1 aromatic rings. The van der Waals surface area contributed by atoms with E-state index in [1.54, 1.807) is 0 Å². The molecule has 1 aliphatic rings. The molecule has 1 heterocycles. The Morgan fingerprint density at radius 1 is 1.67 bits per heavy atom. The number of carbonyl (C=O) groups is 1. The zero-order valence-corrected chi connectivity index (χ0v) is 11.6. The largest absolute Gasteiger partial charge is 0.468 e. The third-order valence-corrected chi connectivity index (χ3v) is 3.81. The van der Waals surface area contributed by atoms with Gasteiger partial charge < -0.3 is 10.1 Å². The van der Waals surface area contributed by atoms with Crippen LogP contribution in [0.5, 0.6) is 0 Å². The lowest BCUT2D eigenvalue weighted by molar-refractivity contribution is -0.147. The van der Waals surface area contributed by atoms with Crippen LogP contribution in [0, 0.1) is 11.3 Å². The van der Waals surface area contributed by atoms with Crippen molar-refractivity contribution in [3.8, 4) is 6.07 Å². The van der Waals surface area contributed by atoms with Crippen molar-refractivity contribution in [3.63, 3.8) is 0 Å². The minimum absolute atomic E-state index is 0.286. The fourth-order valence-electron chi connectivity index (χ4n) is 2.39. The number of nitriles is 1. The lowest BCUT2D eigenvalue weighted by Crippen LogP contribution is -2.38. The van der Waals surface area contributed by atoms with E-state index >= 15 is 0 Å². The van der Waals surface area contributed by atoms with E-state index in [4.69, 9.17) is 10.00 Å². The molecule has 0 fully saturated rings. The van der Waals surface area contributed by atoms with Crippen LogP contribution in [-0.2, 0) is 14.9 Å². The summed E-state index contributed by atoms with van der Waals surface area (Å²) in [5.41, 5.74) is 1.10. The van der Waals surface area contributed by atoms with Gasteiger partial charge in [0.25, 0.3) is 0 Å². The van der Waals surface area contributed by atoms with Crippen molar-refractivity contribution in [2.45, 2.75) is 18.3 Å². The van der Waals surface area contributed by atoms with Gasteiger partial charge >= 0.3 is 5.97 Å². The lowest BCUT2D eigenvalue weighted by Gasteiger charge is -2.25. The quantitative estimate of drug-likeness (QED) is 0.872. The second-order valence-electron chi connectivity index (χ2n) is 4.28. The van der Waals surface area contributed by atoms with Gasteiger partial charge in [-0.2, -0.15) is 5.26 Å². The first-order valence-electron chi connectivity index (χ1n) is 5.63. The van der Waals surface area contributed by atoms with E-state index in [2.05, 4.69) is 27.3 Å². The number of hydrogen-bond acceptors (Lipinski definition) is 4. The molecule has 0 saturated carbocycles. The molecule has 1 atom stereocenters. The normalized spacial score (nSPS) is 20.7. The highest BCUT2D eigenvalue weighted by atomic mass is 79.9. The number of hydrogen-bond donors (Lipinski definition) is 1. The van der Waals surface area contributed by atoms with Crippen molar-refractivity contribution in [1.82, 2.24) is 0 Å². The van der Waals surface area contributed by atoms with Crippen LogP contribution in [0.2, 0.25) is 0 Å². The van der Waals surface area contributed by atoms with Gasteiger partial charge in [-0.3, -0.25) is 4.79 Å². The Hall–Kier alpha value is -1.54. The van der Waals surface area contributed by atoms with E-state index < -0.39 is 5.41 Å². The third kappa shape index (κ3) is 1.97. The molecule has 1 aliphatic heterocycles. The Bertz CT molecular complexity index is 524. The molecule has 0 radical (unpaired) electrons. The molecule has 0 saturated heterocycles. The van der Waals surface area contributed by atoms with Crippen LogP contribution >= 0.6 is 15.9 Å². The van der Waals surface area contributed by atoms with Crippen LogP contribution in [0.1, 0.15) is 18.4 Å². The van der Waals surface area contributed by atoms with Crippen LogP contribution in [0.3, 0.4) is 0 Å². The summed E-state index contributed by atoms with van der Waals surface area (Å²) in [7, 11) is 1.38. The average molecular weight is 309 g/mol. The van der Waals surface area contributed by atoms with Gasteiger partial charge in [-0.15, -0.1) is 0 Å². The summed E-state index contributed by atoms with van der Waals surface area (Å²) < 4.78 is 5.88. The second-order valence-corrected chi connectivity index (χ2v) is 5.19. The number of carbonyl (C=O) groups excluding carboxylic acids is 1. The predicted molar refractivity (Wildman–Crippen MR) is 71.2 cm³/mol. The Balaban J connectivity index is 2.46. The Labute approximate surface area is 114 Å². The van der Waals surface area contributed by atoms with E-state index in [9.17, 15) is 4.79 Å². The zero-order chi connectivity index (χ0) is 13.2. The summed E-state index contributed by atoms with van der Waals surface area (Å²) in [6.07, 6.45) is 0.796. The molecule has 2 rings (SSSR count). The Kier molecular flexibility index (Phi) is 3.58. The zero-order valence-electron chi connectivity index (χ0n) is 10.00. The maximum absolute atomic E-state index is 12.1. The molecule has 18 heavy (non-hydrogen) atoms. The van der Waals surface area contributed by atoms with Crippen LogP contribution < -0.4 is 5.32 Å². The van der Waals surface area contributed by atoms with E-state index in [1.807, 2.05) is 18.2 Å². The summed E-state index contributed by atoms with van der Waals surface area (Å²) in [5, 5.41) is 12.0. The molecule has 1 unspecified atom stereocenters. The predicted octanol–water partition coefficient (Wildman–Crippen LogP) is 2.59. The number of rotatable bonds is 3. The summed E-state index contributed by atoms with van der Waals surface area (Å²) in [6.45, 7) is 0.479. The number of nitrogens with zero attached hydrogens (tertiary/aromatic N) is 1. The van der Waals surface area contributed by atoms with E-state index in [-0.39, 0.29) is 5.97 Å². The van der Waals surface area contributed by atoms with Crippen LogP contribution in [0.25, 0.3) is 0 Å². The van der Waals surface area contributed by atoms with Gasteiger partial charge in [-0.1, -0.05) is 22.0 Å². The molecule has 1 aromatic carbocycles. The van der Waals surface area contributed by atoms with Crippen LogP contribution in [0.15, 0.2) is 22.7 Å². The fraction of sp³-hybridized carbons (Fsp3) is 0.385. The maximum atomic E-state index is 12.1. The van der Waals surface area contributed by atoms with Gasteiger partial charge in [0.1, 0.15) is 5.41 Å². The molecule has 0 bridgehead atoms. The SMILES string of the molecule is COC(=O)C1(CCC#N)CNc2cc(Br)ccc21. The number of nitrogens with one attached hydrogen (secondary N) is 1. The summed E-state index contributed by atoms with van der Waals surface area (Å²) in [5.74, 6) is -0.286. The van der Waals surface area contributed by atoms with Gasteiger partial charge in [0.2, 0.25) is 0 Å². The second kappa shape index (κ2) is 4.99. The summed E-state index contributed by atoms with van der Waals surface area (Å²) in [4.78, 5) is 12.1. The molecule has 0 aliphatic carbocycles. The minimum atomic E-state index is -0.736. The molecule has 0 amide bonds. The monoisotopic (exact) mass is 308 g/mol. The molecule has 0 spiro atoms.